The Morgan fingerprint density at radius 1 is 0.500 bits per heavy atom. The number of ether oxygens (including phenoxy) is 9. The topological polar surface area (TPSA) is 287 Å². The molecular weight excluding hydrogens is 1290 g/mol. The number of imidazole rings is 3. The van der Waals surface area contributed by atoms with Crippen LogP contribution in [0.2, 0.25) is 25.4 Å². The summed E-state index contributed by atoms with van der Waals surface area (Å²) >= 11 is 29.6. The number of aliphatic hydroxyl groups excluding tert-OH is 3. The summed E-state index contributed by atoms with van der Waals surface area (Å²) in [5.74, 6) is -3.01. The third-order valence-electron chi connectivity index (χ3n) is 15.7. The van der Waals surface area contributed by atoms with Gasteiger partial charge in [-0.25, -0.2) is 58.0 Å². The summed E-state index contributed by atoms with van der Waals surface area (Å²) < 4.78 is 101. The summed E-state index contributed by atoms with van der Waals surface area (Å²) in [6.45, 7) is 7.21. The minimum absolute atomic E-state index is 0.0284. The first-order valence-corrected chi connectivity index (χ1v) is 29.5. The van der Waals surface area contributed by atoms with Crippen molar-refractivity contribution in [3.8, 4) is 0 Å². The molecule has 25 nitrogen and oxygen atoms in total. The highest BCUT2D eigenvalue weighted by molar-refractivity contribution is 6.34. The third-order valence-corrected chi connectivity index (χ3v) is 17.2. The molecule has 90 heavy (non-hydrogen) atoms. The Labute approximate surface area is 534 Å². The Hall–Kier alpha value is -6.13. The molecule has 0 bridgehead atoms. The lowest BCUT2D eigenvalue weighted by atomic mass is 9.99. The smallest absolute Gasteiger partial charge is 0.167 e. The molecular formula is C57H55Cl5F3N13O12. The number of nitrogens with one attached hydrogen (secondary N) is 1. The van der Waals surface area contributed by atoms with Gasteiger partial charge in [0.1, 0.15) is 126 Å². The van der Waals surface area contributed by atoms with Crippen LogP contribution in [0.15, 0.2) is 92.6 Å². The van der Waals surface area contributed by atoms with E-state index in [1.54, 1.807) is 54.6 Å². The second-order valence-electron chi connectivity index (χ2n) is 22.1. The molecule has 0 saturated carbocycles. The van der Waals surface area contributed by atoms with Crippen LogP contribution in [0.1, 0.15) is 81.4 Å². The number of fused-ring (bicyclic) bond motifs is 5. The Balaban J connectivity index is 0.000000131. The van der Waals surface area contributed by atoms with Crippen molar-refractivity contribution < 1.29 is 71.1 Å². The summed E-state index contributed by atoms with van der Waals surface area (Å²) in [7, 11) is 4.64. The SMILES string of the molecule is CC1(C)O[C@H]2[C@@H](O1)[C@H](n1cnc3c(Cl)ncnc31)O[C@@H]2[C@H](O)c1ccc(Cl)c(F)c1.CNc1ncnc2c1ncn2[C@@H]1O[C@H]([C@H](OC)c2ccc(Cl)c(F)c2)[C@@H](O)[C@H]1O.CO[C@H](c1ccc(Cl)c(F)c1)[C@H]1O[C@@H](n2cnc3c(Cl)ncnc32)[C@@H]2OC(C)(C)O[C@@H]21. The van der Waals surface area contributed by atoms with Gasteiger partial charge in [0, 0.05) is 21.3 Å². The zero-order chi connectivity index (χ0) is 63.8. The zero-order valence-electron chi connectivity index (χ0n) is 48.2. The fourth-order valence-electron chi connectivity index (χ4n) is 11.8. The number of aliphatic hydroxyl groups is 3. The van der Waals surface area contributed by atoms with Gasteiger partial charge in [0.15, 0.2) is 63.3 Å². The van der Waals surface area contributed by atoms with Crippen LogP contribution >= 0.6 is 58.0 Å². The predicted octanol–water partition coefficient (Wildman–Crippen LogP) is 9.17. The second kappa shape index (κ2) is 25.4. The van der Waals surface area contributed by atoms with Gasteiger partial charge in [-0.05, 0) is 80.8 Å². The van der Waals surface area contributed by atoms with Crippen LogP contribution in [0.3, 0.4) is 0 Å². The number of rotatable bonds is 12. The fraction of sp³-hybridized carbons (Fsp3) is 0.421. The van der Waals surface area contributed by atoms with E-state index in [-0.39, 0.29) is 25.4 Å². The van der Waals surface area contributed by atoms with Gasteiger partial charge >= 0.3 is 0 Å². The molecule has 14 rings (SSSR count). The third kappa shape index (κ3) is 11.9. The van der Waals surface area contributed by atoms with Gasteiger partial charge in [0.25, 0.3) is 0 Å². The van der Waals surface area contributed by atoms with Gasteiger partial charge in [0.05, 0.1) is 34.0 Å². The van der Waals surface area contributed by atoms with E-state index in [1.165, 1.54) is 86.8 Å². The first-order valence-electron chi connectivity index (χ1n) is 27.6. The van der Waals surface area contributed by atoms with E-state index in [0.29, 0.717) is 56.0 Å². The van der Waals surface area contributed by atoms with E-state index in [2.05, 4.69) is 50.2 Å². The molecule has 5 saturated heterocycles. The first kappa shape index (κ1) is 64.0. The number of methoxy groups -OCH3 is 2. The van der Waals surface area contributed by atoms with Crippen molar-refractivity contribution in [1.29, 1.82) is 0 Å². The van der Waals surface area contributed by atoms with Gasteiger partial charge in [-0.1, -0.05) is 76.2 Å². The molecule has 476 valence electrons. The monoisotopic (exact) mass is 1350 g/mol. The maximum absolute atomic E-state index is 14.1. The van der Waals surface area contributed by atoms with Crippen LogP contribution < -0.4 is 5.32 Å². The number of halogens is 8. The molecule has 3 aromatic carbocycles. The molecule has 33 heteroatoms. The molecule has 15 atom stereocenters. The molecule has 0 spiro atoms. The standard InChI is InChI=1S/C20H19Cl2FN4O4.C19H17Cl2FN4O4.C18H19ClFN5O4/c1-20(2)30-15-14(13(28-3)9-4-5-10(21)11(23)6-9)29-19(16(15)31-20)27-8-26-12-17(22)24-7-25-18(12)27;1-19(2)29-14-13(12(27)8-3-4-9(20)10(22)5-8)28-18(15(14)30-19)26-7-25-11-16(21)23-6-24-17(11)26;1-21-16-11-17(23-6-22-16)25(7-24-11)18-13(27)12(26)15(29-18)14(28-2)8-3-4-9(19)10(20)5-8/h4-8,13-16,19H,1-3H3;3-7,12-15,18,27H,1-2H3;3-7,12-15,18,26-27H,1-2H3,(H,21,22,23)/t13-,14-,15-,16-,19-;12-,13-,14-,15-,18-;12-,13+,14+,15-,18+/m110/s1. The number of hydrogen-bond donors (Lipinski definition) is 4. The average Bonchev–Trinajstić information content (AvgIpc) is 1.60. The van der Waals surface area contributed by atoms with Crippen molar-refractivity contribution in [2.24, 2.45) is 0 Å². The van der Waals surface area contributed by atoms with Crippen molar-refractivity contribution in [1.82, 2.24) is 58.6 Å². The predicted molar refractivity (Wildman–Crippen MR) is 316 cm³/mol. The summed E-state index contributed by atoms with van der Waals surface area (Å²) in [6, 6.07) is 12.8. The number of nitrogens with zero attached hydrogens (tertiary/aromatic N) is 12. The molecule has 0 aliphatic carbocycles. The highest BCUT2D eigenvalue weighted by Crippen LogP contribution is 2.50. The molecule has 0 amide bonds. The Morgan fingerprint density at radius 2 is 0.889 bits per heavy atom. The van der Waals surface area contributed by atoms with E-state index in [9.17, 15) is 28.5 Å². The second-order valence-corrected chi connectivity index (χ2v) is 24.1. The summed E-state index contributed by atoms with van der Waals surface area (Å²) in [5, 5.41) is 35.6. The van der Waals surface area contributed by atoms with E-state index in [4.69, 9.17) is 101 Å². The van der Waals surface area contributed by atoms with Crippen molar-refractivity contribution in [3.63, 3.8) is 0 Å². The quantitative estimate of drug-likeness (QED) is 0.0829. The highest BCUT2D eigenvalue weighted by atomic mass is 35.5. The number of hydrogen-bond acceptors (Lipinski definition) is 22. The number of anilines is 1. The molecule has 6 aromatic heterocycles. The molecule has 5 aliphatic rings. The fourth-order valence-corrected chi connectivity index (χ4v) is 12.5. The molecule has 9 aromatic rings. The van der Waals surface area contributed by atoms with Crippen molar-refractivity contribution >= 4 is 97.3 Å². The minimum atomic E-state index is -1.30. The summed E-state index contributed by atoms with van der Waals surface area (Å²) in [6.07, 6.45) is -3.51. The molecule has 5 aliphatic heterocycles. The lowest BCUT2D eigenvalue weighted by Crippen LogP contribution is -2.35. The van der Waals surface area contributed by atoms with Gasteiger partial charge in [-0.15, -0.1) is 0 Å². The minimum Gasteiger partial charge on any atom is -0.387 e. The lowest BCUT2D eigenvalue weighted by Gasteiger charge is -2.28. The van der Waals surface area contributed by atoms with Gasteiger partial charge in [-0.2, -0.15) is 0 Å². The first-order chi connectivity index (χ1) is 43.0. The van der Waals surface area contributed by atoms with Crippen LogP contribution in [-0.2, 0) is 42.6 Å². The van der Waals surface area contributed by atoms with Crippen LogP contribution in [0.25, 0.3) is 33.5 Å². The van der Waals surface area contributed by atoms with Crippen LogP contribution in [0.5, 0.6) is 0 Å². The highest BCUT2D eigenvalue weighted by Gasteiger charge is 2.60. The van der Waals surface area contributed by atoms with Crippen molar-refractivity contribution in [3.05, 3.63) is 152 Å². The Bertz CT molecular complexity index is 4120. The zero-order valence-corrected chi connectivity index (χ0v) is 52.0. The number of benzene rings is 3. The average molecular weight is 1350 g/mol. The molecule has 5 fully saturated rings. The normalized spacial score (nSPS) is 27.5. The lowest BCUT2D eigenvalue weighted by molar-refractivity contribution is -0.209. The van der Waals surface area contributed by atoms with Crippen molar-refractivity contribution in [2.45, 2.75) is 131 Å². The summed E-state index contributed by atoms with van der Waals surface area (Å²) in [4.78, 5) is 37.6. The van der Waals surface area contributed by atoms with Crippen LogP contribution in [0.4, 0.5) is 19.0 Å². The largest absolute Gasteiger partial charge is 0.387 e. The van der Waals surface area contributed by atoms with Crippen LogP contribution in [0, 0.1) is 17.5 Å². The van der Waals surface area contributed by atoms with Gasteiger partial charge in [-0.3, -0.25) is 13.7 Å². The molecule has 4 N–H and O–H groups in total. The van der Waals surface area contributed by atoms with Crippen molar-refractivity contribution in [2.75, 3.05) is 26.6 Å². The maximum Gasteiger partial charge on any atom is 0.167 e. The van der Waals surface area contributed by atoms with E-state index in [1.807, 2.05) is 13.8 Å². The molecule has 0 unspecified atom stereocenters. The van der Waals surface area contributed by atoms with Crippen LogP contribution in [-0.4, -0.2) is 162 Å². The van der Waals surface area contributed by atoms with Gasteiger partial charge < -0.3 is 63.3 Å². The van der Waals surface area contributed by atoms with Gasteiger partial charge in [0.2, 0.25) is 0 Å². The van der Waals surface area contributed by atoms with E-state index < -0.39 is 121 Å². The molecule has 0 radical (unpaired) electrons. The summed E-state index contributed by atoms with van der Waals surface area (Å²) in [5.41, 5.74) is 4.05. The van der Waals surface area contributed by atoms with E-state index >= 15 is 0 Å². The Kier molecular flexibility index (Phi) is 18.1. The Morgan fingerprint density at radius 3 is 1.37 bits per heavy atom. The van der Waals surface area contributed by atoms with E-state index in [0.717, 1.165) is 0 Å². The number of aromatic nitrogens is 12. The molecule has 11 heterocycles. The maximum atomic E-state index is 14.1.